The predicted molar refractivity (Wildman–Crippen MR) is 104 cm³/mol. The number of nitrogens with zero attached hydrogens (tertiary/aromatic N) is 4. The number of piperidine rings is 1. The molecule has 10 heteroatoms. The predicted octanol–water partition coefficient (Wildman–Crippen LogP) is 2.03. The van der Waals surface area contributed by atoms with E-state index in [0.717, 1.165) is 24.8 Å². The number of amides is 1. The van der Waals surface area contributed by atoms with Crippen molar-refractivity contribution in [1.29, 1.82) is 0 Å². The van der Waals surface area contributed by atoms with E-state index in [1.165, 1.54) is 16.1 Å². The number of nitrogens with one attached hydrogen (secondary N) is 1. The number of rotatable bonds is 6. The first-order valence-electron chi connectivity index (χ1n) is 8.75. The van der Waals surface area contributed by atoms with E-state index >= 15 is 0 Å². The minimum Gasteiger partial charge on any atom is -0.325 e. The van der Waals surface area contributed by atoms with Crippen molar-refractivity contribution in [3.63, 3.8) is 0 Å². The second kappa shape index (κ2) is 8.41. The van der Waals surface area contributed by atoms with Gasteiger partial charge in [0.2, 0.25) is 15.9 Å². The molecule has 146 valence electrons. The number of sulfonamides is 1. The van der Waals surface area contributed by atoms with Crippen LogP contribution in [-0.4, -0.2) is 52.2 Å². The Kier molecular flexibility index (Phi) is 6.18. The summed E-state index contributed by atoms with van der Waals surface area (Å²) < 4.78 is 28.9. The van der Waals surface area contributed by atoms with Gasteiger partial charge in [0.1, 0.15) is 6.33 Å². The fraction of sp³-hybridized carbons (Fsp3) is 0.471. The zero-order valence-electron chi connectivity index (χ0n) is 15.4. The topological polar surface area (TPSA) is 97.2 Å². The lowest BCUT2D eigenvalue weighted by molar-refractivity contribution is -0.113. The standard InChI is InChI=1S/C17H23N5O3S2/c1-13-6-7-14(27(24,25)22-8-4-3-5-9-22)10-15(13)19-16(23)11-26-17-20-18-12-21(17)2/h6-7,10,12H,3-5,8-9,11H2,1-2H3,(H,19,23). The number of thioether (sulfide) groups is 1. The van der Waals surface area contributed by atoms with Crippen LogP contribution in [0.4, 0.5) is 5.69 Å². The van der Waals surface area contributed by atoms with Gasteiger partial charge in [0.05, 0.1) is 10.6 Å². The summed E-state index contributed by atoms with van der Waals surface area (Å²) in [5.41, 5.74) is 1.32. The van der Waals surface area contributed by atoms with Gasteiger partial charge in [-0.3, -0.25) is 4.79 Å². The highest BCUT2D eigenvalue weighted by atomic mass is 32.2. The van der Waals surface area contributed by atoms with Crippen LogP contribution in [0.15, 0.2) is 34.6 Å². The molecule has 0 radical (unpaired) electrons. The zero-order chi connectivity index (χ0) is 19.4. The fourth-order valence-corrected chi connectivity index (χ4v) is 5.10. The number of benzene rings is 1. The van der Waals surface area contributed by atoms with E-state index in [4.69, 9.17) is 0 Å². The van der Waals surface area contributed by atoms with Gasteiger partial charge in [0, 0.05) is 25.8 Å². The quantitative estimate of drug-likeness (QED) is 0.733. The summed E-state index contributed by atoms with van der Waals surface area (Å²) in [6.07, 6.45) is 4.39. The molecule has 1 N–H and O–H groups in total. The van der Waals surface area contributed by atoms with Crippen molar-refractivity contribution in [3.8, 4) is 0 Å². The van der Waals surface area contributed by atoms with Gasteiger partial charge in [-0.05, 0) is 37.5 Å². The van der Waals surface area contributed by atoms with E-state index in [-0.39, 0.29) is 16.6 Å². The number of hydrogen-bond donors (Lipinski definition) is 1. The first-order valence-corrected chi connectivity index (χ1v) is 11.2. The second-order valence-electron chi connectivity index (χ2n) is 6.50. The highest BCUT2D eigenvalue weighted by Gasteiger charge is 2.26. The third-order valence-electron chi connectivity index (χ3n) is 4.44. The molecule has 27 heavy (non-hydrogen) atoms. The van der Waals surface area contributed by atoms with Crippen molar-refractivity contribution < 1.29 is 13.2 Å². The Labute approximate surface area is 163 Å². The average Bonchev–Trinajstić information content (AvgIpc) is 3.07. The molecular formula is C17H23N5O3S2. The molecule has 0 bridgehead atoms. The Hall–Kier alpha value is -1.91. The third-order valence-corrected chi connectivity index (χ3v) is 7.37. The van der Waals surface area contributed by atoms with Crippen molar-refractivity contribution in [2.45, 2.75) is 36.2 Å². The second-order valence-corrected chi connectivity index (χ2v) is 9.38. The lowest BCUT2D eigenvalue weighted by atomic mass is 10.2. The lowest BCUT2D eigenvalue weighted by Crippen LogP contribution is -2.35. The maximum absolute atomic E-state index is 12.8. The number of aryl methyl sites for hydroxylation is 2. The van der Waals surface area contributed by atoms with E-state index < -0.39 is 10.0 Å². The molecule has 2 heterocycles. The van der Waals surface area contributed by atoms with Crippen molar-refractivity contribution in [2.24, 2.45) is 7.05 Å². The van der Waals surface area contributed by atoms with Crippen LogP contribution in [0.5, 0.6) is 0 Å². The van der Waals surface area contributed by atoms with Crippen LogP contribution in [0.25, 0.3) is 0 Å². The molecule has 1 aliphatic rings. The number of anilines is 1. The molecule has 3 rings (SSSR count). The third kappa shape index (κ3) is 4.69. The van der Waals surface area contributed by atoms with Crippen LogP contribution < -0.4 is 5.32 Å². The maximum Gasteiger partial charge on any atom is 0.243 e. The van der Waals surface area contributed by atoms with Crippen LogP contribution in [-0.2, 0) is 21.9 Å². The molecule has 0 atom stereocenters. The lowest BCUT2D eigenvalue weighted by Gasteiger charge is -2.26. The summed E-state index contributed by atoms with van der Waals surface area (Å²) in [5.74, 6) is -0.0617. The summed E-state index contributed by atoms with van der Waals surface area (Å²) in [7, 11) is -1.73. The van der Waals surface area contributed by atoms with Crippen LogP contribution in [0.1, 0.15) is 24.8 Å². The molecular weight excluding hydrogens is 386 g/mol. The number of hydrogen-bond acceptors (Lipinski definition) is 6. The van der Waals surface area contributed by atoms with Crippen LogP contribution in [0.2, 0.25) is 0 Å². The molecule has 1 amide bonds. The molecule has 0 spiro atoms. The molecule has 8 nitrogen and oxygen atoms in total. The molecule has 2 aromatic rings. The molecule has 1 saturated heterocycles. The maximum atomic E-state index is 12.8. The van der Waals surface area contributed by atoms with Gasteiger partial charge in [-0.1, -0.05) is 24.2 Å². The van der Waals surface area contributed by atoms with E-state index in [1.54, 1.807) is 36.1 Å². The Morgan fingerprint density at radius 1 is 1.26 bits per heavy atom. The summed E-state index contributed by atoms with van der Waals surface area (Å²) in [4.78, 5) is 12.5. The number of carbonyl (C=O) groups is 1. The fourth-order valence-electron chi connectivity index (χ4n) is 2.87. The average molecular weight is 410 g/mol. The normalized spacial score (nSPS) is 15.6. The monoisotopic (exact) mass is 409 g/mol. The van der Waals surface area contributed by atoms with Gasteiger partial charge in [-0.25, -0.2) is 8.42 Å². The molecule has 0 saturated carbocycles. The minimum atomic E-state index is -3.54. The Morgan fingerprint density at radius 2 is 2.00 bits per heavy atom. The van der Waals surface area contributed by atoms with Gasteiger partial charge in [0.15, 0.2) is 5.16 Å². The van der Waals surface area contributed by atoms with Crippen molar-refractivity contribution in [3.05, 3.63) is 30.1 Å². The highest BCUT2D eigenvalue weighted by molar-refractivity contribution is 7.99. The van der Waals surface area contributed by atoms with Gasteiger partial charge in [0.25, 0.3) is 0 Å². The summed E-state index contributed by atoms with van der Waals surface area (Å²) >= 11 is 1.27. The summed E-state index contributed by atoms with van der Waals surface area (Å²) in [6.45, 7) is 2.93. The summed E-state index contributed by atoms with van der Waals surface area (Å²) in [6, 6.07) is 4.87. The van der Waals surface area contributed by atoms with Gasteiger partial charge in [-0.15, -0.1) is 10.2 Å². The first kappa shape index (κ1) is 19.8. The van der Waals surface area contributed by atoms with Crippen LogP contribution in [0, 0.1) is 6.92 Å². The molecule has 1 fully saturated rings. The minimum absolute atomic E-state index is 0.162. The van der Waals surface area contributed by atoms with Crippen LogP contribution >= 0.6 is 11.8 Å². The number of aromatic nitrogens is 3. The van der Waals surface area contributed by atoms with E-state index in [2.05, 4.69) is 15.5 Å². The van der Waals surface area contributed by atoms with Gasteiger partial charge < -0.3 is 9.88 Å². The molecule has 0 unspecified atom stereocenters. The molecule has 1 aliphatic heterocycles. The molecule has 0 aliphatic carbocycles. The highest BCUT2D eigenvalue weighted by Crippen LogP contribution is 2.25. The van der Waals surface area contributed by atoms with Crippen molar-refractivity contribution in [2.75, 3.05) is 24.2 Å². The van der Waals surface area contributed by atoms with E-state index in [1.807, 2.05) is 6.92 Å². The van der Waals surface area contributed by atoms with Gasteiger partial charge >= 0.3 is 0 Å². The van der Waals surface area contributed by atoms with Crippen molar-refractivity contribution >= 4 is 33.4 Å². The SMILES string of the molecule is Cc1ccc(S(=O)(=O)N2CCCCC2)cc1NC(=O)CSc1nncn1C. The van der Waals surface area contributed by atoms with E-state index in [0.29, 0.717) is 23.9 Å². The molecule has 1 aromatic heterocycles. The smallest absolute Gasteiger partial charge is 0.243 e. The summed E-state index contributed by atoms with van der Waals surface area (Å²) in [5, 5.41) is 11.1. The largest absolute Gasteiger partial charge is 0.325 e. The molecule has 1 aromatic carbocycles. The Balaban J connectivity index is 1.71. The van der Waals surface area contributed by atoms with Crippen molar-refractivity contribution in [1.82, 2.24) is 19.1 Å². The first-order chi connectivity index (χ1) is 12.9. The zero-order valence-corrected chi connectivity index (χ0v) is 17.0. The van der Waals surface area contributed by atoms with E-state index in [9.17, 15) is 13.2 Å². The van der Waals surface area contributed by atoms with Gasteiger partial charge in [-0.2, -0.15) is 4.31 Å². The Bertz CT molecular complexity index is 920. The van der Waals surface area contributed by atoms with Crippen LogP contribution in [0.3, 0.4) is 0 Å². The Morgan fingerprint density at radius 3 is 2.67 bits per heavy atom. The number of carbonyl (C=O) groups excluding carboxylic acids is 1.